The molecule has 1 aliphatic heterocycles. The zero-order chi connectivity index (χ0) is 14.8. The fourth-order valence-corrected chi connectivity index (χ4v) is 3.62. The second kappa shape index (κ2) is 5.80. The van der Waals surface area contributed by atoms with E-state index in [-0.39, 0.29) is 17.2 Å². The summed E-state index contributed by atoms with van der Waals surface area (Å²) in [6.45, 7) is 3.21. The highest BCUT2D eigenvalue weighted by molar-refractivity contribution is 7.89. The van der Waals surface area contributed by atoms with Crippen LogP contribution in [0.4, 0.5) is 5.69 Å². The van der Waals surface area contributed by atoms with Crippen LogP contribution in [0.25, 0.3) is 0 Å². The van der Waals surface area contributed by atoms with Gasteiger partial charge in [-0.1, -0.05) is 19.1 Å². The first-order valence-corrected chi connectivity index (χ1v) is 7.97. The first-order valence-electron chi connectivity index (χ1n) is 6.49. The van der Waals surface area contributed by atoms with Crippen molar-refractivity contribution in [1.29, 1.82) is 0 Å². The van der Waals surface area contributed by atoms with Gasteiger partial charge >= 0.3 is 5.97 Å². The standard InChI is InChI=1S/C13H18N2O4S/c1-2-14-20(18,19)12-6-4-3-5-11(12)15-8-10(9-15)7-13(16)17/h3-6,10,14H,2,7-9H2,1H3,(H,16,17). The highest BCUT2D eigenvalue weighted by atomic mass is 32.2. The minimum Gasteiger partial charge on any atom is -0.481 e. The van der Waals surface area contributed by atoms with Crippen LogP contribution in [0.5, 0.6) is 0 Å². The van der Waals surface area contributed by atoms with E-state index in [1.807, 2.05) is 4.90 Å². The third-order valence-corrected chi connectivity index (χ3v) is 4.84. The topological polar surface area (TPSA) is 86.7 Å². The summed E-state index contributed by atoms with van der Waals surface area (Å²) in [5, 5.41) is 8.74. The predicted octanol–water partition coefficient (Wildman–Crippen LogP) is 0.896. The first kappa shape index (κ1) is 14.8. The highest BCUT2D eigenvalue weighted by Crippen LogP contribution is 2.31. The van der Waals surface area contributed by atoms with Gasteiger partial charge < -0.3 is 10.0 Å². The van der Waals surface area contributed by atoms with Gasteiger partial charge in [-0.15, -0.1) is 0 Å². The Morgan fingerprint density at radius 2 is 2.05 bits per heavy atom. The Balaban J connectivity index is 2.17. The van der Waals surface area contributed by atoms with Gasteiger partial charge in [-0.05, 0) is 12.1 Å². The molecular formula is C13H18N2O4S. The lowest BCUT2D eigenvalue weighted by Gasteiger charge is -2.41. The molecular weight excluding hydrogens is 280 g/mol. The van der Waals surface area contributed by atoms with Gasteiger partial charge in [0.25, 0.3) is 0 Å². The Bertz CT molecular complexity index is 594. The highest BCUT2D eigenvalue weighted by Gasteiger charge is 2.31. The van der Waals surface area contributed by atoms with Crippen molar-refractivity contribution in [1.82, 2.24) is 4.72 Å². The van der Waals surface area contributed by atoms with Crippen LogP contribution in [0.3, 0.4) is 0 Å². The van der Waals surface area contributed by atoms with Crippen molar-refractivity contribution in [2.75, 3.05) is 24.5 Å². The van der Waals surface area contributed by atoms with Crippen molar-refractivity contribution in [3.05, 3.63) is 24.3 Å². The maximum absolute atomic E-state index is 12.1. The number of benzene rings is 1. The number of anilines is 1. The molecule has 6 nitrogen and oxygen atoms in total. The summed E-state index contributed by atoms with van der Waals surface area (Å²) in [5.74, 6) is -0.731. The van der Waals surface area contributed by atoms with Crippen LogP contribution < -0.4 is 9.62 Å². The molecule has 110 valence electrons. The zero-order valence-electron chi connectivity index (χ0n) is 11.2. The minimum absolute atomic E-state index is 0.0856. The van der Waals surface area contributed by atoms with Gasteiger partial charge in [0.1, 0.15) is 4.90 Å². The van der Waals surface area contributed by atoms with Crippen LogP contribution in [0.15, 0.2) is 29.2 Å². The number of para-hydroxylation sites is 1. The lowest BCUT2D eigenvalue weighted by molar-refractivity contribution is -0.138. The van der Waals surface area contributed by atoms with Gasteiger partial charge in [0, 0.05) is 25.6 Å². The number of rotatable bonds is 6. The average Bonchev–Trinajstić information content (AvgIpc) is 2.33. The fourth-order valence-electron chi connectivity index (χ4n) is 2.36. The van der Waals surface area contributed by atoms with E-state index in [1.54, 1.807) is 31.2 Å². The van der Waals surface area contributed by atoms with E-state index in [9.17, 15) is 13.2 Å². The van der Waals surface area contributed by atoms with Gasteiger partial charge in [0.15, 0.2) is 0 Å². The molecule has 0 bridgehead atoms. The summed E-state index contributed by atoms with van der Waals surface area (Å²) < 4.78 is 26.7. The molecule has 1 heterocycles. The molecule has 2 rings (SSSR count). The number of carboxylic acid groups (broad SMARTS) is 1. The number of carboxylic acids is 1. The number of nitrogens with one attached hydrogen (secondary N) is 1. The van der Waals surface area contributed by atoms with E-state index in [1.165, 1.54) is 0 Å². The van der Waals surface area contributed by atoms with Gasteiger partial charge in [-0.3, -0.25) is 4.79 Å². The van der Waals surface area contributed by atoms with Gasteiger partial charge in [0.2, 0.25) is 10.0 Å². The molecule has 1 saturated heterocycles. The summed E-state index contributed by atoms with van der Waals surface area (Å²) in [6, 6.07) is 6.78. The number of sulfonamides is 1. The lowest BCUT2D eigenvalue weighted by atomic mass is 9.96. The minimum atomic E-state index is -3.51. The van der Waals surface area contributed by atoms with Crippen molar-refractivity contribution >= 4 is 21.7 Å². The zero-order valence-corrected chi connectivity index (χ0v) is 12.1. The smallest absolute Gasteiger partial charge is 0.303 e. The van der Waals surface area contributed by atoms with Crippen LogP contribution in [0, 0.1) is 5.92 Å². The summed E-state index contributed by atoms with van der Waals surface area (Å²) in [4.78, 5) is 12.8. The van der Waals surface area contributed by atoms with E-state index in [0.717, 1.165) is 0 Å². The molecule has 7 heteroatoms. The van der Waals surface area contributed by atoms with E-state index in [4.69, 9.17) is 5.11 Å². The normalized spacial score (nSPS) is 15.9. The fraction of sp³-hybridized carbons (Fsp3) is 0.462. The lowest BCUT2D eigenvalue weighted by Crippen LogP contribution is -2.48. The quantitative estimate of drug-likeness (QED) is 0.814. The molecule has 20 heavy (non-hydrogen) atoms. The third-order valence-electron chi connectivity index (χ3n) is 3.25. The summed E-state index contributed by atoms with van der Waals surface area (Å²) in [6.07, 6.45) is 0.124. The molecule has 0 spiro atoms. The van der Waals surface area contributed by atoms with Crippen LogP contribution in [0.2, 0.25) is 0 Å². The molecule has 0 aliphatic carbocycles. The molecule has 0 amide bonds. The summed E-state index contributed by atoms with van der Waals surface area (Å²) in [5.41, 5.74) is 0.634. The monoisotopic (exact) mass is 298 g/mol. The van der Waals surface area contributed by atoms with Crippen LogP contribution in [-0.2, 0) is 14.8 Å². The van der Waals surface area contributed by atoms with Crippen LogP contribution in [0.1, 0.15) is 13.3 Å². The average molecular weight is 298 g/mol. The number of hydrogen-bond acceptors (Lipinski definition) is 4. The Morgan fingerprint density at radius 3 is 2.65 bits per heavy atom. The Hall–Kier alpha value is -1.60. The van der Waals surface area contributed by atoms with Crippen LogP contribution in [-0.4, -0.2) is 39.1 Å². The third kappa shape index (κ3) is 3.10. The summed E-state index contributed by atoms with van der Waals surface area (Å²) >= 11 is 0. The van der Waals surface area contributed by atoms with E-state index in [2.05, 4.69) is 4.72 Å². The first-order chi connectivity index (χ1) is 9.44. The molecule has 0 saturated carbocycles. The molecule has 2 N–H and O–H groups in total. The molecule has 1 aliphatic rings. The van der Waals surface area contributed by atoms with Crippen LogP contribution >= 0.6 is 0 Å². The molecule has 1 fully saturated rings. The summed E-state index contributed by atoms with van der Waals surface area (Å²) in [7, 11) is -3.51. The number of hydrogen-bond donors (Lipinski definition) is 2. The Kier molecular flexibility index (Phi) is 4.29. The molecule has 0 unspecified atom stereocenters. The molecule has 0 radical (unpaired) electrons. The molecule has 0 atom stereocenters. The van der Waals surface area contributed by atoms with E-state index in [0.29, 0.717) is 25.3 Å². The van der Waals surface area contributed by atoms with E-state index >= 15 is 0 Å². The predicted molar refractivity (Wildman–Crippen MR) is 75.3 cm³/mol. The maximum atomic E-state index is 12.1. The van der Waals surface area contributed by atoms with Crippen molar-refractivity contribution in [2.24, 2.45) is 5.92 Å². The van der Waals surface area contributed by atoms with Crippen molar-refractivity contribution < 1.29 is 18.3 Å². The Morgan fingerprint density at radius 1 is 1.40 bits per heavy atom. The van der Waals surface area contributed by atoms with Gasteiger partial charge in [-0.25, -0.2) is 13.1 Å². The second-order valence-electron chi connectivity index (χ2n) is 4.84. The van der Waals surface area contributed by atoms with Crippen molar-refractivity contribution in [2.45, 2.75) is 18.2 Å². The Labute approximate surface area is 118 Å². The maximum Gasteiger partial charge on any atom is 0.303 e. The second-order valence-corrected chi connectivity index (χ2v) is 6.57. The van der Waals surface area contributed by atoms with Crippen molar-refractivity contribution in [3.63, 3.8) is 0 Å². The number of aliphatic carboxylic acids is 1. The van der Waals surface area contributed by atoms with E-state index < -0.39 is 16.0 Å². The van der Waals surface area contributed by atoms with Gasteiger partial charge in [0.05, 0.1) is 12.1 Å². The molecule has 1 aromatic rings. The molecule has 1 aromatic carbocycles. The number of carbonyl (C=O) groups is 1. The van der Waals surface area contributed by atoms with Crippen molar-refractivity contribution in [3.8, 4) is 0 Å². The SMILES string of the molecule is CCNS(=O)(=O)c1ccccc1N1CC(CC(=O)O)C1. The molecule has 0 aromatic heterocycles. The number of nitrogens with zero attached hydrogens (tertiary/aromatic N) is 1. The largest absolute Gasteiger partial charge is 0.481 e. The van der Waals surface area contributed by atoms with Gasteiger partial charge in [-0.2, -0.15) is 0 Å².